The van der Waals surface area contributed by atoms with E-state index < -0.39 is 0 Å². The molecular weight excluding hydrogens is 338 g/mol. The molecular formula is C18H18ClN5O. The lowest BCUT2D eigenvalue weighted by Gasteiger charge is -2.12. The van der Waals surface area contributed by atoms with Gasteiger partial charge in [0.2, 0.25) is 5.95 Å². The van der Waals surface area contributed by atoms with Crippen LogP contribution in [0.2, 0.25) is 5.02 Å². The van der Waals surface area contributed by atoms with Gasteiger partial charge < -0.3 is 15.4 Å². The van der Waals surface area contributed by atoms with Crippen LogP contribution < -0.4 is 15.4 Å². The van der Waals surface area contributed by atoms with E-state index in [0.717, 1.165) is 11.3 Å². The third-order valence-electron chi connectivity index (χ3n) is 3.83. The molecule has 0 radical (unpaired) electrons. The molecule has 2 aromatic carbocycles. The topological polar surface area (TPSA) is 72.0 Å². The summed E-state index contributed by atoms with van der Waals surface area (Å²) < 4.78 is 5.31. The quantitative estimate of drug-likeness (QED) is 0.694. The number of benzene rings is 2. The lowest BCUT2D eigenvalue weighted by Crippen LogP contribution is -2.04. The molecule has 0 aliphatic rings. The van der Waals surface area contributed by atoms with Crippen molar-refractivity contribution < 1.29 is 4.74 Å². The van der Waals surface area contributed by atoms with Crippen molar-refractivity contribution in [3.05, 3.63) is 58.7 Å². The molecule has 2 N–H and O–H groups in total. The van der Waals surface area contributed by atoms with Gasteiger partial charge in [0, 0.05) is 10.7 Å². The molecule has 1 heterocycles. The molecule has 1 aromatic heterocycles. The third-order valence-corrected chi connectivity index (χ3v) is 4.07. The summed E-state index contributed by atoms with van der Waals surface area (Å²) in [5, 5.41) is 14.9. The molecule has 3 aromatic rings. The number of anilines is 4. The molecule has 0 spiro atoms. The predicted molar refractivity (Wildman–Crippen MR) is 100 cm³/mol. The monoisotopic (exact) mass is 355 g/mol. The van der Waals surface area contributed by atoms with E-state index >= 15 is 0 Å². The fourth-order valence-electron chi connectivity index (χ4n) is 2.34. The van der Waals surface area contributed by atoms with Crippen molar-refractivity contribution in [1.82, 2.24) is 15.2 Å². The number of hydrogen-bond donors (Lipinski definition) is 2. The van der Waals surface area contributed by atoms with Crippen molar-refractivity contribution in [3.63, 3.8) is 0 Å². The van der Waals surface area contributed by atoms with Crippen molar-refractivity contribution in [2.24, 2.45) is 0 Å². The highest BCUT2D eigenvalue weighted by atomic mass is 35.5. The third kappa shape index (κ3) is 3.97. The lowest BCUT2D eigenvalue weighted by molar-refractivity contribution is 0.417. The van der Waals surface area contributed by atoms with E-state index in [-0.39, 0.29) is 0 Å². The van der Waals surface area contributed by atoms with Gasteiger partial charge >= 0.3 is 0 Å². The van der Waals surface area contributed by atoms with E-state index in [1.807, 2.05) is 12.1 Å². The van der Waals surface area contributed by atoms with E-state index in [0.29, 0.717) is 28.2 Å². The highest BCUT2D eigenvalue weighted by Crippen LogP contribution is 2.29. The molecule has 25 heavy (non-hydrogen) atoms. The fourth-order valence-corrected chi connectivity index (χ4v) is 2.51. The first-order chi connectivity index (χ1) is 12.1. The second-order valence-electron chi connectivity index (χ2n) is 5.51. The first-order valence-corrected chi connectivity index (χ1v) is 8.08. The van der Waals surface area contributed by atoms with E-state index in [4.69, 9.17) is 16.3 Å². The number of aryl methyl sites for hydroxylation is 1. The van der Waals surface area contributed by atoms with Gasteiger partial charge in [-0.05, 0) is 49.2 Å². The molecule has 6 nitrogen and oxygen atoms in total. The number of aromatic nitrogens is 3. The highest BCUT2D eigenvalue weighted by Gasteiger charge is 2.08. The summed E-state index contributed by atoms with van der Waals surface area (Å²) in [6.45, 7) is 4.12. The zero-order valence-electron chi connectivity index (χ0n) is 14.2. The summed E-state index contributed by atoms with van der Waals surface area (Å²) in [6, 6.07) is 11.3. The van der Waals surface area contributed by atoms with Crippen molar-refractivity contribution in [1.29, 1.82) is 0 Å². The van der Waals surface area contributed by atoms with Gasteiger partial charge in [0.15, 0.2) is 5.82 Å². The first kappa shape index (κ1) is 17.0. The number of methoxy groups -OCH3 is 1. The molecule has 0 aliphatic heterocycles. The number of nitrogens with one attached hydrogen (secondary N) is 2. The number of halogens is 1. The molecule has 0 atom stereocenters. The summed E-state index contributed by atoms with van der Waals surface area (Å²) in [7, 11) is 1.59. The van der Waals surface area contributed by atoms with E-state index in [9.17, 15) is 0 Å². The summed E-state index contributed by atoms with van der Waals surface area (Å²) in [4.78, 5) is 4.44. The van der Waals surface area contributed by atoms with Crippen LogP contribution in [0.4, 0.5) is 23.1 Å². The molecule has 7 heteroatoms. The second-order valence-corrected chi connectivity index (χ2v) is 5.94. The van der Waals surface area contributed by atoms with Crippen LogP contribution in [-0.2, 0) is 0 Å². The minimum Gasteiger partial charge on any atom is -0.495 e. The smallest absolute Gasteiger partial charge is 0.249 e. The predicted octanol–water partition coefficient (Wildman–Crippen LogP) is 4.64. The van der Waals surface area contributed by atoms with Crippen LogP contribution in [0.5, 0.6) is 5.75 Å². The molecule has 0 unspecified atom stereocenters. The van der Waals surface area contributed by atoms with Crippen molar-refractivity contribution in [2.45, 2.75) is 13.8 Å². The Kier molecular flexibility index (Phi) is 5.00. The van der Waals surface area contributed by atoms with Crippen LogP contribution in [0.15, 0.2) is 42.6 Å². The molecule has 0 aliphatic carbocycles. The van der Waals surface area contributed by atoms with Gasteiger partial charge in [0.05, 0.1) is 19.0 Å². The summed E-state index contributed by atoms with van der Waals surface area (Å²) in [6.07, 6.45) is 1.57. The zero-order valence-corrected chi connectivity index (χ0v) is 14.9. The number of hydrogen-bond acceptors (Lipinski definition) is 6. The maximum absolute atomic E-state index is 6.05. The molecule has 0 bridgehead atoms. The van der Waals surface area contributed by atoms with Gasteiger partial charge in [-0.15, -0.1) is 5.10 Å². The molecule has 0 fully saturated rings. The summed E-state index contributed by atoms with van der Waals surface area (Å²) >= 11 is 6.05. The summed E-state index contributed by atoms with van der Waals surface area (Å²) in [5.41, 5.74) is 4.01. The van der Waals surface area contributed by atoms with Crippen LogP contribution in [-0.4, -0.2) is 22.3 Å². The highest BCUT2D eigenvalue weighted by molar-refractivity contribution is 6.31. The average Bonchev–Trinajstić information content (AvgIpc) is 2.60. The number of nitrogens with zero attached hydrogens (tertiary/aromatic N) is 3. The van der Waals surface area contributed by atoms with E-state index in [1.165, 1.54) is 5.56 Å². The Morgan fingerprint density at radius 2 is 1.88 bits per heavy atom. The maximum Gasteiger partial charge on any atom is 0.249 e. The van der Waals surface area contributed by atoms with Crippen LogP contribution in [0, 0.1) is 13.8 Å². The first-order valence-electron chi connectivity index (χ1n) is 7.70. The van der Waals surface area contributed by atoms with E-state index in [1.54, 1.807) is 31.5 Å². The lowest BCUT2D eigenvalue weighted by atomic mass is 10.1. The molecule has 0 saturated heterocycles. The Bertz CT molecular complexity index is 900. The van der Waals surface area contributed by atoms with Crippen molar-refractivity contribution in [3.8, 4) is 5.75 Å². The Balaban J connectivity index is 1.85. The fraction of sp³-hybridized carbons (Fsp3) is 0.167. The Morgan fingerprint density at radius 3 is 2.68 bits per heavy atom. The van der Waals surface area contributed by atoms with Crippen molar-refractivity contribution in [2.75, 3.05) is 17.7 Å². The van der Waals surface area contributed by atoms with Crippen LogP contribution in [0.25, 0.3) is 0 Å². The number of rotatable bonds is 5. The SMILES string of the molecule is COc1ccc(Cl)cc1Nc1nncc(Nc2cccc(C)c2C)n1. The molecule has 128 valence electrons. The zero-order chi connectivity index (χ0) is 17.8. The molecule has 3 rings (SSSR count). The van der Waals surface area contributed by atoms with E-state index in [2.05, 4.69) is 45.7 Å². The van der Waals surface area contributed by atoms with Crippen molar-refractivity contribution >= 4 is 34.7 Å². The second kappa shape index (κ2) is 7.36. The minimum atomic E-state index is 0.343. The average molecular weight is 356 g/mol. The van der Waals surface area contributed by atoms with Crippen LogP contribution >= 0.6 is 11.6 Å². The van der Waals surface area contributed by atoms with Gasteiger partial charge in [-0.2, -0.15) is 10.1 Å². The largest absolute Gasteiger partial charge is 0.495 e. The van der Waals surface area contributed by atoms with Crippen LogP contribution in [0.1, 0.15) is 11.1 Å². The summed E-state index contributed by atoms with van der Waals surface area (Å²) in [5.74, 6) is 1.57. The minimum absolute atomic E-state index is 0.343. The molecule has 0 saturated carbocycles. The normalized spacial score (nSPS) is 10.4. The van der Waals surface area contributed by atoms with Gasteiger partial charge in [-0.25, -0.2) is 0 Å². The van der Waals surface area contributed by atoms with Gasteiger partial charge in [-0.1, -0.05) is 23.7 Å². The Labute approximate surface area is 151 Å². The van der Waals surface area contributed by atoms with Gasteiger partial charge in [0.25, 0.3) is 0 Å². The van der Waals surface area contributed by atoms with Gasteiger partial charge in [0.1, 0.15) is 5.75 Å². The van der Waals surface area contributed by atoms with Crippen LogP contribution in [0.3, 0.4) is 0 Å². The maximum atomic E-state index is 6.05. The number of ether oxygens (including phenoxy) is 1. The standard InChI is InChI=1S/C18H18ClN5O/c1-11-5-4-6-14(12(11)2)21-17-10-20-24-18(23-17)22-15-9-13(19)7-8-16(15)25-3/h4-10H,1-3H3,(H2,21,22,23,24). The van der Waals surface area contributed by atoms with Gasteiger partial charge in [-0.3, -0.25) is 0 Å². The molecule has 0 amide bonds. The Morgan fingerprint density at radius 1 is 1.04 bits per heavy atom. The Hall–Kier alpha value is -2.86.